The quantitative estimate of drug-likeness (QED) is 0.502. The molecule has 8 heteroatoms. The summed E-state index contributed by atoms with van der Waals surface area (Å²) in [5, 5.41) is 2.87. The van der Waals surface area contributed by atoms with Gasteiger partial charge in [-0.2, -0.15) is 4.31 Å². The van der Waals surface area contributed by atoms with Crippen molar-refractivity contribution >= 4 is 15.9 Å². The Morgan fingerprint density at radius 2 is 1.82 bits per heavy atom. The van der Waals surface area contributed by atoms with Gasteiger partial charge in [-0.3, -0.25) is 4.79 Å². The van der Waals surface area contributed by atoms with Gasteiger partial charge in [0.2, 0.25) is 15.9 Å². The number of benzene rings is 2. The van der Waals surface area contributed by atoms with E-state index in [1.54, 1.807) is 25.3 Å². The molecule has 1 N–H and O–H groups in total. The first-order valence-corrected chi connectivity index (χ1v) is 12.9. The molecule has 0 aliphatic carbocycles. The molecule has 2 aromatic rings. The Bertz CT molecular complexity index is 1050. The summed E-state index contributed by atoms with van der Waals surface area (Å²) in [5.41, 5.74) is 1.84. The summed E-state index contributed by atoms with van der Waals surface area (Å²) in [6, 6.07) is 12.8. The lowest BCUT2D eigenvalue weighted by molar-refractivity contribution is -0.121. The minimum atomic E-state index is -3.52. The summed E-state index contributed by atoms with van der Waals surface area (Å²) in [4.78, 5) is 12.6. The first-order valence-electron chi connectivity index (χ1n) is 11.5. The van der Waals surface area contributed by atoms with Crippen LogP contribution in [0, 0.1) is 0 Å². The largest absolute Gasteiger partial charge is 0.496 e. The molecule has 0 atom stereocenters. The topological polar surface area (TPSA) is 84.9 Å². The average molecular weight is 475 g/mol. The smallest absolute Gasteiger partial charge is 0.243 e. The molecule has 1 fully saturated rings. The molecule has 1 saturated heterocycles. The molecule has 0 aromatic heterocycles. The number of aryl methyl sites for hydroxylation is 1. The Morgan fingerprint density at radius 3 is 2.52 bits per heavy atom. The standard InChI is InChI=1S/C25H34N2O5S/c1-19(2)22-8-4-5-9-24(22)32-17-14-26-25(28)13-10-20-18-21(11-12-23(20)31-3)33(29,30)27-15-6-7-16-27/h4-5,8-9,11-12,18-19H,6-7,10,13-17H2,1-3H3,(H,26,28). The van der Waals surface area contributed by atoms with Crippen LogP contribution in [0.2, 0.25) is 0 Å². The second-order valence-corrected chi connectivity index (χ2v) is 10.4. The van der Waals surface area contributed by atoms with Gasteiger partial charge in [-0.25, -0.2) is 8.42 Å². The highest BCUT2D eigenvalue weighted by Gasteiger charge is 2.27. The van der Waals surface area contributed by atoms with Crippen molar-refractivity contribution in [3.05, 3.63) is 53.6 Å². The number of nitrogens with zero attached hydrogens (tertiary/aromatic N) is 1. The second-order valence-electron chi connectivity index (χ2n) is 8.48. The number of carbonyl (C=O) groups excluding carboxylic acids is 1. The number of nitrogens with one attached hydrogen (secondary N) is 1. The molecule has 2 aromatic carbocycles. The van der Waals surface area contributed by atoms with Crippen molar-refractivity contribution in [3.63, 3.8) is 0 Å². The summed E-state index contributed by atoms with van der Waals surface area (Å²) in [7, 11) is -1.98. The van der Waals surface area contributed by atoms with Gasteiger partial charge in [0.15, 0.2) is 0 Å². The number of hydrogen-bond acceptors (Lipinski definition) is 5. The molecule has 7 nitrogen and oxygen atoms in total. The van der Waals surface area contributed by atoms with E-state index in [-0.39, 0.29) is 17.2 Å². The van der Waals surface area contributed by atoms with Crippen LogP contribution in [0.25, 0.3) is 0 Å². The Morgan fingerprint density at radius 1 is 1.09 bits per heavy atom. The van der Waals surface area contributed by atoms with E-state index in [1.807, 2.05) is 24.3 Å². The van der Waals surface area contributed by atoms with Crippen LogP contribution in [0.1, 0.15) is 50.2 Å². The zero-order valence-corrected chi connectivity index (χ0v) is 20.5. The molecular formula is C25H34N2O5S. The Kier molecular flexibility index (Phi) is 8.74. The van der Waals surface area contributed by atoms with Crippen LogP contribution in [-0.2, 0) is 21.2 Å². The van der Waals surface area contributed by atoms with Crippen molar-refractivity contribution in [1.82, 2.24) is 9.62 Å². The molecule has 1 aliphatic heterocycles. The predicted molar refractivity (Wildman–Crippen MR) is 128 cm³/mol. The highest BCUT2D eigenvalue weighted by atomic mass is 32.2. The zero-order chi connectivity index (χ0) is 23.8. The number of sulfonamides is 1. The highest BCUT2D eigenvalue weighted by molar-refractivity contribution is 7.89. The van der Waals surface area contributed by atoms with Crippen molar-refractivity contribution < 1.29 is 22.7 Å². The molecule has 0 bridgehead atoms. The molecule has 1 aliphatic rings. The Balaban J connectivity index is 1.53. The van der Waals surface area contributed by atoms with Gasteiger partial charge in [-0.1, -0.05) is 32.0 Å². The molecular weight excluding hydrogens is 440 g/mol. The maximum absolute atomic E-state index is 12.9. The SMILES string of the molecule is COc1ccc(S(=O)(=O)N2CCCC2)cc1CCC(=O)NCCOc1ccccc1C(C)C. The Labute approximate surface area is 197 Å². The molecule has 1 amide bonds. The van der Waals surface area contributed by atoms with Gasteiger partial charge < -0.3 is 14.8 Å². The molecule has 0 saturated carbocycles. The summed E-state index contributed by atoms with van der Waals surface area (Å²) >= 11 is 0. The Hall–Kier alpha value is -2.58. The lowest BCUT2D eigenvalue weighted by atomic mass is 10.0. The van der Waals surface area contributed by atoms with E-state index in [2.05, 4.69) is 19.2 Å². The first-order chi connectivity index (χ1) is 15.8. The fraction of sp³-hybridized carbons (Fsp3) is 0.480. The molecule has 180 valence electrons. The van der Waals surface area contributed by atoms with Gasteiger partial charge in [0.25, 0.3) is 0 Å². The molecule has 0 spiro atoms. The van der Waals surface area contributed by atoms with E-state index < -0.39 is 10.0 Å². The maximum Gasteiger partial charge on any atom is 0.243 e. The zero-order valence-electron chi connectivity index (χ0n) is 19.7. The van der Waals surface area contributed by atoms with Gasteiger partial charge in [-0.15, -0.1) is 0 Å². The molecule has 1 heterocycles. The van der Waals surface area contributed by atoms with E-state index in [9.17, 15) is 13.2 Å². The fourth-order valence-corrected chi connectivity index (χ4v) is 5.53. The minimum Gasteiger partial charge on any atom is -0.496 e. The second kappa shape index (κ2) is 11.5. The van der Waals surface area contributed by atoms with Crippen molar-refractivity contribution in [2.24, 2.45) is 0 Å². The van der Waals surface area contributed by atoms with Gasteiger partial charge in [0.1, 0.15) is 18.1 Å². The van der Waals surface area contributed by atoms with Crippen LogP contribution < -0.4 is 14.8 Å². The van der Waals surface area contributed by atoms with Crippen molar-refractivity contribution in [1.29, 1.82) is 0 Å². The highest BCUT2D eigenvalue weighted by Crippen LogP contribution is 2.28. The van der Waals surface area contributed by atoms with Gasteiger partial charge in [0.05, 0.1) is 18.6 Å². The number of hydrogen-bond donors (Lipinski definition) is 1. The van der Waals surface area contributed by atoms with Crippen molar-refractivity contribution in [2.75, 3.05) is 33.4 Å². The monoisotopic (exact) mass is 474 g/mol. The lowest BCUT2D eigenvalue weighted by Gasteiger charge is -2.17. The van der Waals surface area contributed by atoms with Gasteiger partial charge >= 0.3 is 0 Å². The number of ether oxygens (including phenoxy) is 2. The summed E-state index contributed by atoms with van der Waals surface area (Å²) in [6.45, 7) is 6.10. The molecule has 33 heavy (non-hydrogen) atoms. The number of methoxy groups -OCH3 is 1. The van der Waals surface area contributed by atoms with Gasteiger partial charge in [0, 0.05) is 19.5 Å². The minimum absolute atomic E-state index is 0.120. The third-order valence-corrected chi connectivity index (χ3v) is 7.69. The third kappa shape index (κ3) is 6.48. The predicted octanol–water partition coefficient (Wildman–Crippen LogP) is 3.73. The number of para-hydroxylation sites is 1. The number of amides is 1. The van der Waals surface area contributed by atoms with E-state index in [0.717, 1.165) is 24.2 Å². The number of carbonyl (C=O) groups is 1. The van der Waals surface area contributed by atoms with Gasteiger partial charge in [-0.05, 0) is 60.6 Å². The van der Waals surface area contributed by atoms with Crippen molar-refractivity contribution in [3.8, 4) is 11.5 Å². The van der Waals surface area contributed by atoms with E-state index >= 15 is 0 Å². The van der Waals surface area contributed by atoms with Crippen LogP contribution >= 0.6 is 0 Å². The molecule has 0 radical (unpaired) electrons. The van der Waals surface area contributed by atoms with Crippen LogP contribution in [0.5, 0.6) is 11.5 Å². The summed E-state index contributed by atoms with van der Waals surface area (Å²) < 4.78 is 38.5. The van der Waals surface area contributed by atoms with Crippen LogP contribution in [0.4, 0.5) is 0 Å². The molecule has 3 rings (SSSR count). The normalized spacial score (nSPS) is 14.4. The number of rotatable bonds is 11. The first kappa shape index (κ1) is 25.1. The average Bonchev–Trinajstić information content (AvgIpc) is 3.36. The van der Waals surface area contributed by atoms with E-state index in [4.69, 9.17) is 9.47 Å². The van der Waals surface area contributed by atoms with Crippen molar-refractivity contribution in [2.45, 2.75) is 50.3 Å². The van der Waals surface area contributed by atoms with Crippen LogP contribution in [0.15, 0.2) is 47.4 Å². The molecule has 0 unspecified atom stereocenters. The lowest BCUT2D eigenvalue weighted by Crippen LogP contribution is -2.28. The maximum atomic E-state index is 12.9. The van der Waals surface area contributed by atoms with Crippen LogP contribution in [0.3, 0.4) is 0 Å². The fourth-order valence-electron chi connectivity index (χ4n) is 3.97. The van der Waals surface area contributed by atoms with E-state index in [0.29, 0.717) is 49.9 Å². The third-order valence-electron chi connectivity index (χ3n) is 5.80. The van der Waals surface area contributed by atoms with Crippen LogP contribution in [-0.4, -0.2) is 52.0 Å². The summed E-state index contributed by atoms with van der Waals surface area (Å²) in [6.07, 6.45) is 2.38. The summed E-state index contributed by atoms with van der Waals surface area (Å²) in [5.74, 6) is 1.65. The van der Waals surface area contributed by atoms with E-state index in [1.165, 1.54) is 4.31 Å².